The molecule has 28 heavy (non-hydrogen) atoms. The molecular weight excluding hydrogens is 376 g/mol. The van der Waals surface area contributed by atoms with Crippen LogP contribution in [0.5, 0.6) is 0 Å². The van der Waals surface area contributed by atoms with Crippen LogP contribution in [-0.4, -0.2) is 55.2 Å². The maximum absolute atomic E-state index is 12.9. The molecule has 0 radical (unpaired) electrons. The Hall–Kier alpha value is -1.79. The molecular formula is C21H32ClN4O2+. The van der Waals surface area contributed by atoms with Crippen LogP contribution in [0, 0.1) is 12.8 Å². The van der Waals surface area contributed by atoms with Crippen molar-refractivity contribution in [1.82, 2.24) is 10.2 Å². The zero-order valence-corrected chi connectivity index (χ0v) is 18.1. The SMILES string of the molecule is Cc1ccc(Cl)cc1N1CC[NH+](CN2C(=O)N[C@](C)(CCC(C)C)C2=O)CC1. The highest BCUT2D eigenvalue weighted by atomic mass is 35.5. The van der Waals surface area contributed by atoms with Gasteiger partial charge >= 0.3 is 6.03 Å². The van der Waals surface area contributed by atoms with Gasteiger partial charge in [-0.05, 0) is 50.3 Å². The van der Waals surface area contributed by atoms with Gasteiger partial charge in [-0.15, -0.1) is 0 Å². The van der Waals surface area contributed by atoms with E-state index in [1.807, 2.05) is 25.1 Å². The molecule has 154 valence electrons. The van der Waals surface area contributed by atoms with Gasteiger partial charge in [0.2, 0.25) is 0 Å². The fraction of sp³-hybridized carbons (Fsp3) is 0.619. The third-order valence-electron chi connectivity index (χ3n) is 5.93. The second kappa shape index (κ2) is 8.29. The molecule has 2 aliphatic rings. The summed E-state index contributed by atoms with van der Waals surface area (Å²) in [5, 5.41) is 3.67. The normalized spacial score (nSPS) is 23.6. The summed E-state index contributed by atoms with van der Waals surface area (Å²) in [7, 11) is 0. The Bertz CT molecular complexity index is 746. The number of urea groups is 1. The molecule has 7 heteroatoms. The van der Waals surface area contributed by atoms with Crippen molar-refractivity contribution >= 4 is 29.2 Å². The number of amides is 3. The summed E-state index contributed by atoms with van der Waals surface area (Å²) in [4.78, 5) is 30.3. The van der Waals surface area contributed by atoms with Crippen LogP contribution in [0.2, 0.25) is 5.02 Å². The van der Waals surface area contributed by atoms with Gasteiger partial charge in [-0.2, -0.15) is 0 Å². The number of aryl methyl sites for hydroxylation is 1. The van der Waals surface area contributed by atoms with E-state index in [4.69, 9.17) is 11.6 Å². The van der Waals surface area contributed by atoms with E-state index in [0.717, 1.165) is 37.6 Å². The van der Waals surface area contributed by atoms with E-state index in [0.29, 0.717) is 19.0 Å². The van der Waals surface area contributed by atoms with Crippen molar-refractivity contribution in [2.24, 2.45) is 5.92 Å². The van der Waals surface area contributed by atoms with Crippen molar-refractivity contribution in [3.05, 3.63) is 28.8 Å². The summed E-state index contributed by atoms with van der Waals surface area (Å²) >= 11 is 6.16. The van der Waals surface area contributed by atoms with E-state index in [1.54, 1.807) is 0 Å². The Morgan fingerprint density at radius 2 is 1.93 bits per heavy atom. The van der Waals surface area contributed by atoms with E-state index in [1.165, 1.54) is 21.1 Å². The number of nitrogens with zero attached hydrogens (tertiary/aromatic N) is 2. The van der Waals surface area contributed by atoms with E-state index in [-0.39, 0.29) is 11.9 Å². The minimum Gasteiger partial charge on any atom is -0.360 e. The summed E-state index contributed by atoms with van der Waals surface area (Å²) < 4.78 is 0. The second-order valence-corrected chi connectivity index (χ2v) is 9.19. The molecule has 2 aliphatic heterocycles. The van der Waals surface area contributed by atoms with Gasteiger partial charge in [0.05, 0.1) is 26.2 Å². The predicted molar refractivity (Wildman–Crippen MR) is 112 cm³/mol. The Kier molecular flexibility index (Phi) is 6.20. The Labute approximate surface area is 172 Å². The molecule has 0 spiro atoms. The van der Waals surface area contributed by atoms with Crippen LogP contribution >= 0.6 is 11.6 Å². The first kappa shape index (κ1) is 20.9. The number of quaternary nitrogens is 1. The lowest BCUT2D eigenvalue weighted by Crippen LogP contribution is -3.16. The lowest BCUT2D eigenvalue weighted by molar-refractivity contribution is -0.907. The molecule has 0 aromatic heterocycles. The fourth-order valence-electron chi connectivity index (χ4n) is 4.01. The van der Waals surface area contributed by atoms with Gasteiger partial charge in [-0.1, -0.05) is 31.5 Å². The van der Waals surface area contributed by atoms with Crippen molar-refractivity contribution in [2.75, 3.05) is 37.7 Å². The number of rotatable bonds is 6. The average Bonchev–Trinajstić information content (AvgIpc) is 2.86. The maximum atomic E-state index is 12.9. The van der Waals surface area contributed by atoms with Gasteiger partial charge in [0.25, 0.3) is 5.91 Å². The van der Waals surface area contributed by atoms with Crippen LogP contribution in [0.1, 0.15) is 39.2 Å². The van der Waals surface area contributed by atoms with Crippen LogP contribution in [0.3, 0.4) is 0 Å². The van der Waals surface area contributed by atoms with E-state index >= 15 is 0 Å². The van der Waals surface area contributed by atoms with Gasteiger partial charge in [-0.25, -0.2) is 9.69 Å². The fourth-order valence-corrected chi connectivity index (χ4v) is 4.17. The lowest BCUT2D eigenvalue weighted by Gasteiger charge is -2.35. The number of imide groups is 1. The van der Waals surface area contributed by atoms with Crippen LogP contribution in [0.4, 0.5) is 10.5 Å². The number of nitrogens with one attached hydrogen (secondary N) is 2. The average molecular weight is 408 g/mol. The zero-order valence-electron chi connectivity index (χ0n) is 17.3. The Morgan fingerprint density at radius 1 is 1.25 bits per heavy atom. The molecule has 0 bridgehead atoms. The maximum Gasteiger partial charge on any atom is 0.329 e. The van der Waals surface area contributed by atoms with Crippen molar-refractivity contribution in [3.63, 3.8) is 0 Å². The first-order valence-corrected chi connectivity index (χ1v) is 10.6. The van der Waals surface area contributed by atoms with Gasteiger partial charge in [0.15, 0.2) is 6.67 Å². The van der Waals surface area contributed by atoms with E-state index < -0.39 is 5.54 Å². The summed E-state index contributed by atoms with van der Waals surface area (Å²) in [5.74, 6) is 0.419. The lowest BCUT2D eigenvalue weighted by atomic mass is 9.92. The van der Waals surface area contributed by atoms with Gasteiger partial charge in [-0.3, -0.25) is 4.79 Å². The summed E-state index contributed by atoms with van der Waals surface area (Å²) in [5.41, 5.74) is 1.62. The molecule has 3 amide bonds. The predicted octanol–water partition coefficient (Wildman–Crippen LogP) is 2.06. The van der Waals surface area contributed by atoms with E-state index in [9.17, 15) is 9.59 Å². The largest absolute Gasteiger partial charge is 0.360 e. The number of anilines is 1. The monoisotopic (exact) mass is 407 g/mol. The highest BCUT2D eigenvalue weighted by Crippen LogP contribution is 2.25. The highest BCUT2D eigenvalue weighted by molar-refractivity contribution is 6.30. The molecule has 2 saturated heterocycles. The third kappa shape index (κ3) is 4.44. The number of halogens is 1. The van der Waals surface area contributed by atoms with Crippen molar-refractivity contribution < 1.29 is 14.5 Å². The topological polar surface area (TPSA) is 57.1 Å². The minimum absolute atomic E-state index is 0.0845. The van der Waals surface area contributed by atoms with Crippen molar-refractivity contribution in [2.45, 2.75) is 46.1 Å². The molecule has 6 nitrogen and oxygen atoms in total. The molecule has 2 heterocycles. The molecule has 2 N–H and O–H groups in total. The zero-order chi connectivity index (χ0) is 20.5. The number of hydrogen-bond donors (Lipinski definition) is 2. The highest BCUT2D eigenvalue weighted by Gasteiger charge is 2.48. The standard InChI is InChI=1S/C21H31ClN4O2/c1-15(2)7-8-21(4)19(27)26(20(28)23-21)14-24-9-11-25(12-10-24)18-13-17(22)6-5-16(18)3/h5-6,13,15H,7-12,14H2,1-4H3,(H,23,28)/p+1/t21-/m1/s1. The number of hydrogen-bond acceptors (Lipinski definition) is 3. The molecule has 0 unspecified atom stereocenters. The smallest absolute Gasteiger partial charge is 0.329 e. The van der Waals surface area contributed by atoms with Gasteiger partial charge in [0.1, 0.15) is 5.54 Å². The summed E-state index contributed by atoms with van der Waals surface area (Å²) in [6, 6.07) is 5.72. The quantitative estimate of drug-likeness (QED) is 0.710. The van der Waals surface area contributed by atoms with Crippen molar-refractivity contribution in [3.8, 4) is 0 Å². The van der Waals surface area contributed by atoms with Crippen LogP contribution in [0.25, 0.3) is 0 Å². The van der Waals surface area contributed by atoms with Crippen LogP contribution in [0.15, 0.2) is 18.2 Å². The summed E-state index contributed by atoms with van der Waals surface area (Å²) in [6.45, 7) is 12.2. The van der Waals surface area contributed by atoms with Crippen LogP contribution in [-0.2, 0) is 4.79 Å². The number of carbonyl (C=O) groups is 2. The first-order valence-electron chi connectivity index (χ1n) is 10.2. The molecule has 1 aromatic rings. The molecule has 0 saturated carbocycles. The number of carbonyl (C=O) groups excluding carboxylic acids is 2. The molecule has 1 atom stereocenters. The second-order valence-electron chi connectivity index (χ2n) is 8.75. The minimum atomic E-state index is -0.763. The molecule has 1 aromatic carbocycles. The van der Waals surface area contributed by atoms with Crippen molar-refractivity contribution in [1.29, 1.82) is 0 Å². The van der Waals surface area contributed by atoms with E-state index in [2.05, 4.69) is 31.0 Å². The molecule has 0 aliphatic carbocycles. The first-order chi connectivity index (χ1) is 13.2. The Morgan fingerprint density at radius 3 is 2.57 bits per heavy atom. The van der Waals surface area contributed by atoms with Crippen LogP contribution < -0.4 is 15.1 Å². The van der Waals surface area contributed by atoms with Gasteiger partial charge in [0, 0.05) is 10.7 Å². The summed E-state index contributed by atoms with van der Waals surface area (Å²) in [6.07, 6.45) is 1.60. The number of benzene rings is 1. The molecule has 2 fully saturated rings. The third-order valence-corrected chi connectivity index (χ3v) is 6.17. The van der Waals surface area contributed by atoms with Gasteiger partial charge < -0.3 is 15.1 Å². The molecule has 3 rings (SSSR count). The number of piperazine rings is 1. The Balaban J connectivity index is 1.58.